The summed E-state index contributed by atoms with van der Waals surface area (Å²) in [4.78, 5) is 14.5. The fourth-order valence-corrected chi connectivity index (χ4v) is 2.92. The molecule has 1 aliphatic heterocycles. The maximum atomic E-state index is 12.6. The summed E-state index contributed by atoms with van der Waals surface area (Å²) >= 11 is 0. The molecule has 5 nitrogen and oxygen atoms in total. The van der Waals surface area contributed by atoms with Crippen LogP contribution in [0.15, 0.2) is 24.3 Å². The van der Waals surface area contributed by atoms with Crippen LogP contribution in [0.5, 0.6) is 0 Å². The number of carbonyl (C=O) groups excluding carboxylic acids is 1. The Labute approximate surface area is 164 Å². The lowest BCUT2D eigenvalue weighted by Crippen LogP contribution is -2.42. The highest BCUT2D eigenvalue weighted by Crippen LogP contribution is 2.36. The van der Waals surface area contributed by atoms with Crippen molar-refractivity contribution in [3.8, 4) is 0 Å². The van der Waals surface area contributed by atoms with Gasteiger partial charge >= 0.3 is 13.1 Å². The van der Waals surface area contributed by atoms with E-state index in [1.54, 1.807) is 0 Å². The number of likely N-dealkylation sites (N-methyl/N-ethyl adjacent to an activating group) is 1. The molecular weight excluding hydrogens is 341 g/mol. The van der Waals surface area contributed by atoms with E-state index in [4.69, 9.17) is 14.0 Å². The molecule has 0 unspecified atom stereocenters. The van der Waals surface area contributed by atoms with Crippen molar-refractivity contribution in [2.24, 2.45) is 0 Å². The summed E-state index contributed by atoms with van der Waals surface area (Å²) in [6.45, 7) is 13.8. The molecule has 0 saturated carbocycles. The standard InChI is InChI=1S/C21H34BNO4/c1-19(2,3)25-18(24)17(23(8)9)14-15-11-10-12-16(13-15)22-26-20(4,5)21(6,7)27-22/h10-13,17H,14H2,1-9H3/t17-/m0/s1. The van der Waals surface area contributed by atoms with Crippen molar-refractivity contribution >= 4 is 18.6 Å². The van der Waals surface area contributed by atoms with Gasteiger partial charge in [0.05, 0.1) is 11.2 Å². The smallest absolute Gasteiger partial charge is 0.459 e. The minimum absolute atomic E-state index is 0.214. The second-order valence-corrected chi connectivity index (χ2v) is 9.55. The molecule has 0 N–H and O–H groups in total. The Morgan fingerprint density at radius 2 is 1.70 bits per heavy atom. The Balaban J connectivity index is 2.18. The molecule has 150 valence electrons. The predicted octanol–water partition coefficient (Wildman–Crippen LogP) is 2.80. The summed E-state index contributed by atoms with van der Waals surface area (Å²) in [7, 11) is 3.38. The minimum atomic E-state index is -0.504. The topological polar surface area (TPSA) is 48.0 Å². The van der Waals surface area contributed by atoms with Crippen LogP contribution in [0.1, 0.15) is 54.0 Å². The van der Waals surface area contributed by atoms with Gasteiger partial charge in [0.1, 0.15) is 11.6 Å². The molecule has 2 rings (SSSR count). The monoisotopic (exact) mass is 375 g/mol. The summed E-state index contributed by atoms with van der Waals surface area (Å²) in [5.41, 5.74) is 0.752. The van der Waals surface area contributed by atoms with E-state index >= 15 is 0 Å². The molecular formula is C21H34BNO4. The van der Waals surface area contributed by atoms with Gasteiger partial charge in [0.25, 0.3) is 0 Å². The van der Waals surface area contributed by atoms with Crippen LogP contribution in [0.25, 0.3) is 0 Å². The molecule has 0 spiro atoms. The Morgan fingerprint density at radius 3 is 2.19 bits per heavy atom. The summed E-state index contributed by atoms with van der Waals surface area (Å²) < 4.78 is 17.9. The van der Waals surface area contributed by atoms with E-state index in [0.717, 1.165) is 11.0 Å². The van der Waals surface area contributed by atoms with E-state index in [-0.39, 0.29) is 23.2 Å². The molecule has 1 heterocycles. The number of rotatable bonds is 5. The third kappa shape index (κ3) is 5.34. The van der Waals surface area contributed by atoms with Gasteiger partial charge in [-0.1, -0.05) is 24.3 Å². The molecule has 1 aliphatic rings. The highest BCUT2D eigenvalue weighted by Gasteiger charge is 2.51. The van der Waals surface area contributed by atoms with E-state index in [2.05, 4.69) is 6.07 Å². The highest BCUT2D eigenvalue weighted by molar-refractivity contribution is 6.62. The van der Waals surface area contributed by atoms with Gasteiger partial charge in [-0.2, -0.15) is 0 Å². The Bertz CT molecular complexity index is 663. The largest absolute Gasteiger partial charge is 0.494 e. The third-order valence-electron chi connectivity index (χ3n) is 5.21. The van der Waals surface area contributed by atoms with Crippen LogP contribution >= 0.6 is 0 Å². The maximum Gasteiger partial charge on any atom is 0.494 e. The van der Waals surface area contributed by atoms with Gasteiger partial charge in [-0.05, 0) is 80.0 Å². The number of nitrogens with zero attached hydrogens (tertiary/aromatic N) is 1. The number of esters is 1. The second kappa shape index (κ2) is 7.57. The SMILES string of the molecule is CN(C)[C@@H](Cc1cccc(B2OC(C)(C)C(C)(C)O2)c1)C(=O)OC(C)(C)C. The summed E-state index contributed by atoms with van der Waals surface area (Å²) in [6, 6.07) is 7.72. The molecule has 1 aromatic rings. The number of ether oxygens (including phenoxy) is 1. The van der Waals surface area contributed by atoms with Gasteiger partial charge in [-0.3, -0.25) is 9.69 Å². The van der Waals surface area contributed by atoms with Crippen molar-refractivity contribution in [1.82, 2.24) is 4.90 Å². The maximum absolute atomic E-state index is 12.6. The lowest BCUT2D eigenvalue weighted by Gasteiger charge is -2.32. The van der Waals surface area contributed by atoms with Gasteiger partial charge in [0.15, 0.2) is 0 Å². The molecule has 1 fully saturated rings. The molecule has 1 aromatic carbocycles. The van der Waals surface area contributed by atoms with Crippen LogP contribution in [0.3, 0.4) is 0 Å². The lowest BCUT2D eigenvalue weighted by molar-refractivity contribution is -0.160. The van der Waals surface area contributed by atoms with Crippen molar-refractivity contribution < 1.29 is 18.8 Å². The first-order valence-corrected chi connectivity index (χ1v) is 9.56. The zero-order valence-electron chi connectivity index (χ0n) is 18.3. The van der Waals surface area contributed by atoms with Gasteiger partial charge in [0.2, 0.25) is 0 Å². The van der Waals surface area contributed by atoms with E-state index in [0.29, 0.717) is 6.42 Å². The van der Waals surface area contributed by atoms with Crippen LogP contribution in [-0.4, -0.2) is 54.9 Å². The van der Waals surface area contributed by atoms with E-state index in [1.807, 2.05) is 85.7 Å². The minimum Gasteiger partial charge on any atom is -0.459 e. The Kier molecular flexibility index (Phi) is 6.15. The van der Waals surface area contributed by atoms with E-state index < -0.39 is 12.7 Å². The normalized spacial score (nSPS) is 20.0. The molecule has 0 amide bonds. The van der Waals surface area contributed by atoms with Gasteiger partial charge in [-0.25, -0.2) is 0 Å². The average molecular weight is 375 g/mol. The fourth-order valence-electron chi connectivity index (χ4n) is 2.92. The summed E-state index contributed by atoms with van der Waals surface area (Å²) in [5, 5.41) is 0. The molecule has 0 radical (unpaired) electrons. The zero-order chi connectivity index (χ0) is 20.6. The van der Waals surface area contributed by atoms with Gasteiger partial charge in [0, 0.05) is 0 Å². The molecule has 6 heteroatoms. The van der Waals surface area contributed by atoms with Crippen molar-refractivity contribution in [2.75, 3.05) is 14.1 Å². The van der Waals surface area contributed by atoms with E-state index in [9.17, 15) is 4.79 Å². The average Bonchev–Trinajstić information content (AvgIpc) is 2.71. The third-order valence-corrected chi connectivity index (χ3v) is 5.21. The second-order valence-electron chi connectivity index (χ2n) is 9.55. The van der Waals surface area contributed by atoms with Crippen LogP contribution in [0.4, 0.5) is 0 Å². The van der Waals surface area contributed by atoms with Crippen LogP contribution in [0.2, 0.25) is 0 Å². The highest BCUT2D eigenvalue weighted by atomic mass is 16.7. The van der Waals surface area contributed by atoms with Crippen LogP contribution in [0, 0.1) is 0 Å². The van der Waals surface area contributed by atoms with E-state index in [1.165, 1.54) is 0 Å². The first-order chi connectivity index (χ1) is 12.2. The summed E-state index contributed by atoms with van der Waals surface area (Å²) in [6.07, 6.45) is 0.565. The Hall–Kier alpha value is -1.37. The molecule has 0 aliphatic carbocycles. The number of carbonyl (C=O) groups is 1. The molecule has 1 saturated heterocycles. The molecule has 27 heavy (non-hydrogen) atoms. The molecule has 1 atom stereocenters. The zero-order valence-corrected chi connectivity index (χ0v) is 18.3. The fraction of sp³-hybridized carbons (Fsp3) is 0.667. The number of benzene rings is 1. The summed E-state index contributed by atoms with van der Waals surface area (Å²) in [5.74, 6) is -0.214. The van der Waals surface area contributed by atoms with Crippen molar-refractivity contribution in [1.29, 1.82) is 0 Å². The van der Waals surface area contributed by atoms with Crippen LogP contribution in [-0.2, 0) is 25.3 Å². The van der Waals surface area contributed by atoms with Crippen LogP contribution < -0.4 is 5.46 Å². The molecule has 0 aromatic heterocycles. The first kappa shape index (κ1) is 21.9. The van der Waals surface area contributed by atoms with Crippen molar-refractivity contribution in [3.63, 3.8) is 0 Å². The van der Waals surface area contributed by atoms with Gasteiger partial charge in [-0.15, -0.1) is 0 Å². The lowest BCUT2D eigenvalue weighted by atomic mass is 9.78. The molecule has 0 bridgehead atoms. The van der Waals surface area contributed by atoms with Crippen molar-refractivity contribution in [3.05, 3.63) is 29.8 Å². The first-order valence-electron chi connectivity index (χ1n) is 9.56. The van der Waals surface area contributed by atoms with Gasteiger partial charge < -0.3 is 14.0 Å². The Morgan fingerprint density at radius 1 is 1.15 bits per heavy atom. The number of hydrogen-bond acceptors (Lipinski definition) is 5. The quantitative estimate of drug-likeness (QED) is 0.585. The predicted molar refractivity (Wildman–Crippen MR) is 109 cm³/mol. The number of hydrogen-bond donors (Lipinski definition) is 0. The van der Waals surface area contributed by atoms with Crippen molar-refractivity contribution in [2.45, 2.75) is 77.7 Å².